The van der Waals surface area contributed by atoms with Crippen molar-refractivity contribution < 1.29 is 12.8 Å². The Hall–Kier alpha value is -0.690. The minimum Gasteiger partial charge on any atom is -0.326 e. The van der Waals surface area contributed by atoms with E-state index in [2.05, 4.69) is 0 Å². The van der Waals surface area contributed by atoms with Crippen molar-refractivity contribution in [3.63, 3.8) is 0 Å². The van der Waals surface area contributed by atoms with Crippen LogP contribution in [-0.4, -0.2) is 31.4 Å². The molecule has 2 rings (SSSR count). The second-order valence-corrected chi connectivity index (χ2v) is 7.41. The van der Waals surface area contributed by atoms with Crippen LogP contribution in [0.5, 0.6) is 0 Å². The van der Waals surface area contributed by atoms with Crippen molar-refractivity contribution >= 4 is 21.6 Å². The van der Waals surface area contributed by atoms with Crippen molar-refractivity contribution in [1.82, 2.24) is 4.31 Å². The maximum absolute atomic E-state index is 13.9. The van der Waals surface area contributed by atoms with Gasteiger partial charge in [-0.15, -0.1) is 0 Å². The number of nitrogens with zero attached hydrogens (tertiary/aromatic N) is 1. The van der Waals surface area contributed by atoms with E-state index in [0.29, 0.717) is 13.0 Å². The molecule has 1 aromatic carbocycles. The van der Waals surface area contributed by atoms with Gasteiger partial charge >= 0.3 is 0 Å². The van der Waals surface area contributed by atoms with Crippen molar-refractivity contribution in [2.75, 3.05) is 6.54 Å². The highest BCUT2D eigenvalue weighted by molar-refractivity contribution is 7.89. The Bertz CT molecular complexity index is 592. The third-order valence-electron chi connectivity index (χ3n) is 3.59. The fourth-order valence-corrected chi connectivity index (χ4v) is 4.66. The highest BCUT2D eigenvalue weighted by Crippen LogP contribution is 2.29. The SMILES string of the molecule is CC(N)C1CCCCN1S(=O)(=O)c1cc(Cl)ccc1F. The van der Waals surface area contributed by atoms with E-state index in [1.165, 1.54) is 10.4 Å². The third kappa shape index (κ3) is 2.98. The lowest BCUT2D eigenvalue weighted by Gasteiger charge is -2.36. The molecule has 1 fully saturated rings. The molecule has 0 radical (unpaired) electrons. The smallest absolute Gasteiger partial charge is 0.246 e. The van der Waals surface area contributed by atoms with Gasteiger partial charge in [-0.25, -0.2) is 12.8 Å². The standard InChI is InChI=1S/C13H18ClFN2O2S/c1-9(16)12-4-2-3-7-17(12)20(18,19)13-8-10(14)5-6-11(13)15/h5-6,8-9,12H,2-4,7,16H2,1H3. The summed E-state index contributed by atoms with van der Waals surface area (Å²) in [5, 5.41) is 0.194. The first kappa shape index (κ1) is 15.7. The van der Waals surface area contributed by atoms with Gasteiger partial charge < -0.3 is 5.73 Å². The monoisotopic (exact) mass is 320 g/mol. The van der Waals surface area contributed by atoms with Crippen LogP contribution in [0.4, 0.5) is 4.39 Å². The van der Waals surface area contributed by atoms with Crippen LogP contribution in [0.1, 0.15) is 26.2 Å². The Morgan fingerprint density at radius 3 is 2.80 bits per heavy atom. The molecule has 2 unspecified atom stereocenters. The number of hydrogen-bond acceptors (Lipinski definition) is 3. The molecule has 0 amide bonds. The summed E-state index contributed by atoms with van der Waals surface area (Å²) >= 11 is 5.79. The molecule has 2 N–H and O–H groups in total. The Morgan fingerprint density at radius 2 is 2.15 bits per heavy atom. The number of nitrogens with two attached hydrogens (primary N) is 1. The molecule has 0 saturated carbocycles. The van der Waals surface area contributed by atoms with Crippen LogP contribution in [0.3, 0.4) is 0 Å². The summed E-state index contributed by atoms with van der Waals surface area (Å²) in [5.74, 6) is -0.789. The number of sulfonamides is 1. The van der Waals surface area contributed by atoms with Gasteiger partial charge in [-0.3, -0.25) is 0 Å². The van der Waals surface area contributed by atoms with E-state index in [0.717, 1.165) is 25.0 Å². The van der Waals surface area contributed by atoms with Crippen molar-refractivity contribution in [2.45, 2.75) is 43.2 Å². The van der Waals surface area contributed by atoms with Crippen LogP contribution < -0.4 is 5.73 Å². The first-order chi connectivity index (χ1) is 9.34. The molecule has 4 nitrogen and oxygen atoms in total. The minimum absolute atomic E-state index is 0.194. The van der Waals surface area contributed by atoms with Crippen LogP contribution in [0.15, 0.2) is 23.1 Å². The maximum atomic E-state index is 13.9. The van der Waals surface area contributed by atoms with Crippen LogP contribution in [0, 0.1) is 5.82 Å². The molecule has 1 saturated heterocycles. The molecule has 112 valence electrons. The van der Waals surface area contributed by atoms with Gasteiger partial charge in [-0.1, -0.05) is 18.0 Å². The van der Waals surface area contributed by atoms with Crippen LogP contribution in [0.25, 0.3) is 0 Å². The van der Waals surface area contributed by atoms with Gasteiger partial charge in [0.25, 0.3) is 0 Å². The highest BCUT2D eigenvalue weighted by Gasteiger charge is 2.36. The number of piperidine rings is 1. The Morgan fingerprint density at radius 1 is 1.45 bits per heavy atom. The molecule has 0 spiro atoms. The van der Waals surface area contributed by atoms with Crippen LogP contribution >= 0.6 is 11.6 Å². The van der Waals surface area contributed by atoms with Crippen molar-refractivity contribution in [1.29, 1.82) is 0 Å². The molecule has 1 aromatic rings. The van der Waals surface area contributed by atoms with Crippen LogP contribution in [0.2, 0.25) is 5.02 Å². The van der Waals surface area contributed by atoms with Crippen molar-refractivity contribution in [3.8, 4) is 0 Å². The zero-order chi connectivity index (χ0) is 14.9. The average Bonchev–Trinajstić information content (AvgIpc) is 2.41. The summed E-state index contributed by atoms with van der Waals surface area (Å²) in [7, 11) is -3.92. The molecular weight excluding hydrogens is 303 g/mol. The molecule has 20 heavy (non-hydrogen) atoms. The van der Waals surface area contributed by atoms with Crippen molar-refractivity contribution in [2.24, 2.45) is 5.73 Å². The molecule has 7 heteroatoms. The summed E-state index contributed by atoms with van der Waals surface area (Å²) < 4.78 is 40.5. The topological polar surface area (TPSA) is 63.4 Å². The summed E-state index contributed by atoms with van der Waals surface area (Å²) in [6.07, 6.45) is 2.37. The zero-order valence-corrected chi connectivity index (χ0v) is 12.8. The lowest BCUT2D eigenvalue weighted by Crippen LogP contribution is -2.51. The lowest BCUT2D eigenvalue weighted by atomic mass is 10.00. The quantitative estimate of drug-likeness (QED) is 0.930. The molecule has 0 aromatic heterocycles. The fourth-order valence-electron chi connectivity index (χ4n) is 2.56. The summed E-state index contributed by atoms with van der Waals surface area (Å²) in [4.78, 5) is -0.377. The molecule has 1 aliphatic heterocycles. The third-order valence-corrected chi connectivity index (χ3v) is 5.76. The number of hydrogen-bond donors (Lipinski definition) is 1. The Labute approximate surface area is 123 Å². The predicted octanol–water partition coefficient (Wildman–Crippen LogP) is 2.37. The number of benzene rings is 1. The van der Waals surface area contributed by atoms with E-state index in [1.807, 2.05) is 0 Å². The predicted molar refractivity (Wildman–Crippen MR) is 76.6 cm³/mol. The van der Waals surface area contributed by atoms with E-state index in [-0.39, 0.29) is 22.0 Å². The lowest BCUT2D eigenvalue weighted by molar-refractivity contribution is 0.226. The number of rotatable bonds is 3. The Kier molecular flexibility index (Phi) is 4.69. The summed E-state index contributed by atoms with van der Waals surface area (Å²) in [6.45, 7) is 2.13. The van der Waals surface area contributed by atoms with Gasteiger partial charge in [0, 0.05) is 23.7 Å². The molecule has 0 bridgehead atoms. The van der Waals surface area contributed by atoms with Gasteiger partial charge in [0.2, 0.25) is 10.0 Å². The van der Waals surface area contributed by atoms with Crippen molar-refractivity contribution in [3.05, 3.63) is 29.0 Å². The van der Waals surface area contributed by atoms with E-state index in [1.54, 1.807) is 6.92 Å². The molecule has 2 atom stereocenters. The fraction of sp³-hybridized carbons (Fsp3) is 0.538. The normalized spacial score (nSPS) is 22.7. The largest absolute Gasteiger partial charge is 0.326 e. The molecular formula is C13H18ClFN2O2S. The van der Waals surface area contributed by atoms with Gasteiger partial charge in [-0.2, -0.15) is 4.31 Å². The van der Waals surface area contributed by atoms with E-state index < -0.39 is 15.8 Å². The van der Waals surface area contributed by atoms with Gasteiger partial charge in [0.05, 0.1) is 0 Å². The minimum atomic E-state index is -3.92. The van der Waals surface area contributed by atoms with Gasteiger partial charge in [-0.05, 0) is 38.0 Å². The first-order valence-electron chi connectivity index (χ1n) is 6.56. The average molecular weight is 321 g/mol. The maximum Gasteiger partial charge on any atom is 0.246 e. The highest BCUT2D eigenvalue weighted by atomic mass is 35.5. The zero-order valence-electron chi connectivity index (χ0n) is 11.2. The summed E-state index contributed by atoms with van der Waals surface area (Å²) in [5.41, 5.74) is 5.87. The van der Waals surface area contributed by atoms with Gasteiger partial charge in [0.1, 0.15) is 10.7 Å². The van der Waals surface area contributed by atoms with E-state index in [4.69, 9.17) is 17.3 Å². The van der Waals surface area contributed by atoms with Gasteiger partial charge in [0.15, 0.2) is 0 Å². The molecule has 1 aliphatic rings. The number of halogens is 2. The second-order valence-electron chi connectivity index (χ2n) is 5.11. The van der Waals surface area contributed by atoms with E-state index in [9.17, 15) is 12.8 Å². The second kappa shape index (κ2) is 5.97. The molecule has 1 heterocycles. The first-order valence-corrected chi connectivity index (χ1v) is 8.38. The van der Waals surface area contributed by atoms with E-state index >= 15 is 0 Å². The molecule has 0 aliphatic carbocycles. The Balaban J connectivity index is 2.45. The van der Waals surface area contributed by atoms with Crippen LogP contribution in [-0.2, 0) is 10.0 Å². The summed E-state index contributed by atoms with van der Waals surface area (Å²) in [6, 6.07) is 2.95.